The van der Waals surface area contributed by atoms with E-state index in [0.29, 0.717) is 18.5 Å². The zero-order valence-electron chi connectivity index (χ0n) is 11.1. The molecular formula is C15H14N2O3. The van der Waals surface area contributed by atoms with Gasteiger partial charge in [0.1, 0.15) is 0 Å². The Kier molecular flexibility index (Phi) is 2.89. The molecule has 0 saturated carbocycles. The van der Waals surface area contributed by atoms with Crippen molar-refractivity contribution in [1.82, 2.24) is 9.88 Å². The summed E-state index contributed by atoms with van der Waals surface area (Å²) in [5, 5.41) is 3.30. The van der Waals surface area contributed by atoms with Gasteiger partial charge in [0.2, 0.25) is 11.8 Å². The molecule has 1 aromatic heterocycles. The first-order valence-electron chi connectivity index (χ1n) is 6.49. The molecule has 102 valence electrons. The number of hydrogen-bond acceptors (Lipinski definition) is 3. The molecule has 0 bridgehead atoms. The van der Waals surface area contributed by atoms with Gasteiger partial charge in [-0.1, -0.05) is 18.2 Å². The Bertz CT molecular complexity index is 730. The number of aryl methyl sites for hydroxylation is 1. The van der Waals surface area contributed by atoms with Crippen LogP contribution in [0.4, 0.5) is 0 Å². The van der Waals surface area contributed by atoms with Gasteiger partial charge in [-0.3, -0.25) is 19.7 Å². The van der Waals surface area contributed by atoms with Crippen molar-refractivity contribution in [1.29, 1.82) is 0 Å². The average Bonchev–Trinajstić information content (AvgIpc) is 2.76. The Morgan fingerprint density at radius 3 is 2.85 bits per heavy atom. The number of benzene rings is 1. The lowest BCUT2D eigenvalue weighted by molar-refractivity contribution is -0.134. The van der Waals surface area contributed by atoms with Gasteiger partial charge in [0.15, 0.2) is 6.29 Å². The van der Waals surface area contributed by atoms with Crippen molar-refractivity contribution < 1.29 is 14.4 Å². The van der Waals surface area contributed by atoms with E-state index in [9.17, 15) is 14.4 Å². The first-order valence-corrected chi connectivity index (χ1v) is 6.49. The maximum absolute atomic E-state index is 12.0. The van der Waals surface area contributed by atoms with Gasteiger partial charge in [-0.05, 0) is 18.1 Å². The first-order chi connectivity index (χ1) is 9.61. The molecule has 1 aliphatic heterocycles. The maximum Gasteiger partial charge on any atom is 0.234 e. The number of fused-ring (bicyclic) bond motifs is 1. The number of aldehydes is 1. The molecule has 1 N–H and O–H groups in total. The Balaban J connectivity index is 2.16. The van der Waals surface area contributed by atoms with Crippen molar-refractivity contribution in [2.45, 2.75) is 18.8 Å². The highest BCUT2D eigenvalue weighted by atomic mass is 16.2. The minimum absolute atomic E-state index is 0.223. The smallest absolute Gasteiger partial charge is 0.234 e. The van der Waals surface area contributed by atoms with Crippen molar-refractivity contribution in [2.24, 2.45) is 7.05 Å². The number of nitrogens with zero attached hydrogens (tertiary/aromatic N) is 1. The molecule has 1 aromatic carbocycles. The van der Waals surface area contributed by atoms with Gasteiger partial charge in [-0.15, -0.1) is 0 Å². The van der Waals surface area contributed by atoms with Crippen LogP contribution >= 0.6 is 0 Å². The highest BCUT2D eigenvalue weighted by Crippen LogP contribution is 2.32. The summed E-state index contributed by atoms with van der Waals surface area (Å²) in [5.74, 6) is -0.828. The third-order valence-corrected chi connectivity index (χ3v) is 3.86. The molecule has 5 nitrogen and oxygen atoms in total. The van der Waals surface area contributed by atoms with Crippen molar-refractivity contribution in [3.05, 3.63) is 35.5 Å². The van der Waals surface area contributed by atoms with Crippen LogP contribution in [0.3, 0.4) is 0 Å². The minimum atomic E-state index is -0.343. The van der Waals surface area contributed by atoms with Gasteiger partial charge in [0.25, 0.3) is 0 Å². The van der Waals surface area contributed by atoms with Crippen molar-refractivity contribution in [3.8, 4) is 0 Å². The largest absolute Gasteiger partial charge is 0.341 e. The van der Waals surface area contributed by atoms with Gasteiger partial charge < -0.3 is 4.57 Å². The lowest BCUT2D eigenvalue weighted by Gasteiger charge is -2.22. The molecule has 1 saturated heterocycles. The SMILES string of the molecule is Cn1c(C=O)cc2cccc(C3CCC(=O)NC3=O)c21. The van der Waals surface area contributed by atoms with Gasteiger partial charge in [0.05, 0.1) is 17.1 Å². The number of hydrogen-bond donors (Lipinski definition) is 1. The average molecular weight is 270 g/mol. The quantitative estimate of drug-likeness (QED) is 0.664. The maximum atomic E-state index is 12.0. The zero-order chi connectivity index (χ0) is 14.3. The summed E-state index contributed by atoms with van der Waals surface area (Å²) >= 11 is 0. The van der Waals surface area contributed by atoms with Crippen LogP contribution in [-0.2, 0) is 16.6 Å². The minimum Gasteiger partial charge on any atom is -0.341 e. The number of amides is 2. The van der Waals surface area contributed by atoms with E-state index in [1.165, 1.54) is 0 Å². The summed E-state index contributed by atoms with van der Waals surface area (Å²) in [6.07, 6.45) is 1.65. The normalized spacial score (nSPS) is 19.1. The van der Waals surface area contributed by atoms with Crippen molar-refractivity contribution >= 4 is 29.0 Å². The second kappa shape index (κ2) is 4.59. The standard InChI is InChI=1S/C15H14N2O3/c1-17-10(8-18)7-9-3-2-4-11(14(9)17)12-5-6-13(19)16-15(12)20/h2-4,7-8,12H,5-6H2,1H3,(H,16,19,20). The molecule has 5 heteroatoms. The number of carbonyl (C=O) groups excluding carboxylic acids is 3. The van der Waals surface area contributed by atoms with E-state index in [2.05, 4.69) is 5.32 Å². The second-order valence-electron chi connectivity index (χ2n) is 5.03. The van der Waals surface area contributed by atoms with Crippen LogP contribution in [0, 0.1) is 0 Å². The van der Waals surface area contributed by atoms with Crippen LogP contribution in [-0.4, -0.2) is 22.7 Å². The van der Waals surface area contributed by atoms with Gasteiger partial charge in [-0.25, -0.2) is 0 Å². The summed E-state index contributed by atoms with van der Waals surface area (Å²) < 4.78 is 1.79. The number of aromatic nitrogens is 1. The molecule has 20 heavy (non-hydrogen) atoms. The third kappa shape index (κ3) is 1.82. The zero-order valence-corrected chi connectivity index (χ0v) is 11.1. The van der Waals surface area contributed by atoms with Crippen molar-refractivity contribution in [3.63, 3.8) is 0 Å². The van der Waals surface area contributed by atoms with E-state index in [0.717, 1.165) is 22.8 Å². The van der Waals surface area contributed by atoms with Crippen LogP contribution in [0.25, 0.3) is 10.9 Å². The third-order valence-electron chi connectivity index (χ3n) is 3.86. The Labute approximate surface area is 115 Å². The number of carbonyl (C=O) groups is 3. The highest BCUT2D eigenvalue weighted by Gasteiger charge is 2.29. The number of rotatable bonds is 2. The Morgan fingerprint density at radius 1 is 1.35 bits per heavy atom. The van der Waals surface area contributed by atoms with E-state index in [4.69, 9.17) is 0 Å². The molecular weight excluding hydrogens is 256 g/mol. The molecule has 2 amide bonds. The molecule has 1 unspecified atom stereocenters. The summed E-state index contributed by atoms with van der Waals surface area (Å²) in [6.45, 7) is 0. The molecule has 0 spiro atoms. The van der Waals surface area contributed by atoms with E-state index >= 15 is 0 Å². The van der Waals surface area contributed by atoms with E-state index < -0.39 is 0 Å². The van der Waals surface area contributed by atoms with E-state index in [-0.39, 0.29) is 17.7 Å². The summed E-state index contributed by atoms with van der Waals surface area (Å²) in [6, 6.07) is 7.47. The molecule has 1 aliphatic rings. The predicted molar refractivity (Wildman–Crippen MR) is 73.4 cm³/mol. The van der Waals surface area contributed by atoms with E-state index in [1.807, 2.05) is 18.2 Å². The van der Waals surface area contributed by atoms with Crippen LogP contribution in [0.1, 0.15) is 34.8 Å². The fourth-order valence-electron chi connectivity index (χ4n) is 2.85. The molecule has 1 fully saturated rings. The fraction of sp³-hybridized carbons (Fsp3) is 0.267. The summed E-state index contributed by atoms with van der Waals surface area (Å²) in [4.78, 5) is 34.3. The monoisotopic (exact) mass is 270 g/mol. The van der Waals surface area contributed by atoms with Crippen LogP contribution in [0.5, 0.6) is 0 Å². The molecule has 0 radical (unpaired) electrons. The molecule has 2 heterocycles. The topological polar surface area (TPSA) is 68.2 Å². The molecule has 1 atom stereocenters. The second-order valence-corrected chi connectivity index (χ2v) is 5.03. The van der Waals surface area contributed by atoms with Crippen LogP contribution in [0.15, 0.2) is 24.3 Å². The van der Waals surface area contributed by atoms with Gasteiger partial charge in [0, 0.05) is 18.9 Å². The summed E-state index contributed by atoms with van der Waals surface area (Å²) in [7, 11) is 1.81. The number of nitrogens with one attached hydrogen (secondary N) is 1. The summed E-state index contributed by atoms with van der Waals surface area (Å²) in [5.41, 5.74) is 2.31. The van der Waals surface area contributed by atoms with E-state index in [1.54, 1.807) is 17.7 Å². The van der Waals surface area contributed by atoms with Gasteiger partial charge in [-0.2, -0.15) is 0 Å². The van der Waals surface area contributed by atoms with Gasteiger partial charge >= 0.3 is 0 Å². The van der Waals surface area contributed by atoms with Crippen molar-refractivity contribution in [2.75, 3.05) is 0 Å². The van der Waals surface area contributed by atoms with Crippen LogP contribution in [0.2, 0.25) is 0 Å². The number of imide groups is 1. The fourth-order valence-corrected chi connectivity index (χ4v) is 2.85. The lowest BCUT2D eigenvalue weighted by atomic mass is 9.89. The number of piperidine rings is 1. The number of para-hydroxylation sites is 1. The lowest BCUT2D eigenvalue weighted by Crippen LogP contribution is -2.39. The molecule has 0 aliphatic carbocycles. The molecule has 3 rings (SSSR count). The highest BCUT2D eigenvalue weighted by molar-refractivity contribution is 6.03. The Hall–Kier alpha value is -2.43. The molecule has 2 aromatic rings. The Morgan fingerprint density at radius 2 is 2.15 bits per heavy atom. The predicted octanol–water partition coefficient (Wildman–Crippen LogP) is 1.51. The first kappa shape index (κ1) is 12.6. The van der Waals surface area contributed by atoms with Crippen LogP contribution < -0.4 is 5.32 Å².